The number of piperidine rings is 1. The van der Waals surface area contributed by atoms with E-state index in [4.69, 9.17) is 33.2 Å². The second-order valence-electron chi connectivity index (χ2n) is 19.6. The standard InChI is InChI=1S/C52H77NO14/c1-11-36-23-30(2)22-31(3)24-45(63-9)48-46(64-10)26-33(5)52(60,67-48)49(57)50(58)53-21-13-12-14-39(53)51(59)66-47(34(6)40(54)28-41(36)55)32(4)25-35-15-20-43(44(27-35)62-8)65-29-42(56)37-16-18-38(61-7)19-17-37/h16-19,23,25,31,33-36,39-40,43-48,54,60H,11-15,20-22,24,26-29H2,1-10H3. The summed E-state index contributed by atoms with van der Waals surface area (Å²) in [7, 11) is 6.23. The molecule has 2 bridgehead atoms. The highest BCUT2D eigenvalue weighted by Gasteiger charge is 2.56. The normalized spacial score (nSPS) is 35.8. The Morgan fingerprint density at radius 2 is 1.55 bits per heavy atom. The van der Waals surface area contributed by atoms with E-state index < -0.39 is 77.8 Å². The van der Waals surface area contributed by atoms with Crippen molar-refractivity contribution in [2.24, 2.45) is 29.6 Å². The zero-order valence-corrected chi connectivity index (χ0v) is 41.4. The SMILES string of the molecule is CCC1C=C(C)CC(C)CC(OC)C2OC(O)(C(=O)C(=O)N3CCCCC3C(=O)OC(C(C)=CC3CCC(OCC(=O)c4ccc(OC)cc4)C(OC)C3)C(C)C(O)CC1=O)C(C)CC2OC. The van der Waals surface area contributed by atoms with E-state index in [0.717, 1.165) is 5.57 Å². The second kappa shape index (κ2) is 24.6. The number of Topliss-reactive ketones (excluding diaryl/α,β-unsaturated/α-hetero) is 3. The van der Waals surface area contributed by atoms with Crippen molar-refractivity contribution in [2.45, 2.75) is 167 Å². The molecule has 0 aromatic heterocycles. The minimum absolute atomic E-state index is 0.0169. The van der Waals surface area contributed by atoms with E-state index >= 15 is 0 Å². The maximum absolute atomic E-state index is 14.5. The van der Waals surface area contributed by atoms with Crippen molar-refractivity contribution in [1.29, 1.82) is 0 Å². The smallest absolute Gasteiger partial charge is 0.329 e. The van der Waals surface area contributed by atoms with Gasteiger partial charge in [-0.1, -0.05) is 45.4 Å². The second-order valence-corrected chi connectivity index (χ2v) is 19.6. The van der Waals surface area contributed by atoms with Crippen LogP contribution in [0.3, 0.4) is 0 Å². The predicted molar refractivity (Wildman–Crippen MR) is 249 cm³/mol. The third-order valence-corrected chi connectivity index (χ3v) is 14.7. The first-order chi connectivity index (χ1) is 31.9. The van der Waals surface area contributed by atoms with E-state index in [-0.39, 0.29) is 68.0 Å². The number of ketones is 3. The number of hydrogen-bond donors (Lipinski definition) is 2. The van der Waals surface area contributed by atoms with Crippen LogP contribution in [-0.4, -0.2) is 140 Å². The first-order valence-electron chi connectivity index (χ1n) is 24.3. The fourth-order valence-corrected chi connectivity index (χ4v) is 10.6. The third kappa shape index (κ3) is 13.3. The number of benzene rings is 1. The molecule has 1 amide bonds. The maximum Gasteiger partial charge on any atom is 0.329 e. The van der Waals surface area contributed by atoms with Crippen molar-refractivity contribution in [3.05, 3.63) is 53.1 Å². The number of hydrogen-bond acceptors (Lipinski definition) is 14. The highest BCUT2D eigenvalue weighted by Crippen LogP contribution is 2.39. The number of allylic oxidation sites excluding steroid dienone is 3. The van der Waals surface area contributed by atoms with Crippen LogP contribution in [0.5, 0.6) is 5.75 Å². The molecule has 4 aliphatic rings. The van der Waals surface area contributed by atoms with Crippen molar-refractivity contribution in [1.82, 2.24) is 4.90 Å². The summed E-state index contributed by atoms with van der Waals surface area (Å²) in [6.45, 7) is 11.1. The minimum Gasteiger partial charge on any atom is -0.497 e. The zero-order valence-electron chi connectivity index (χ0n) is 41.4. The number of methoxy groups -OCH3 is 4. The Bertz CT molecular complexity index is 1910. The molecule has 15 heteroatoms. The summed E-state index contributed by atoms with van der Waals surface area (Å²) in [4.78, 5) is 71.4. The number of carbonyl (C=O) groups excluding carboxylic acids is 5. The van der Waals surface area contributed by atoms with E-state index in [0.29, 0.717) is 68.3 Å². The topological polar surface area (TPSA) is 194 Å². The Morgan fingerprint density at radius 3 is 2.19 bits per heavy atom. The van der Waals surface area contributed by atoms with Gasteiger partial charge in [-0.2, -0.15) is 0 Å². The van der Waals surface area contributed by atoms with Crippen molar-refractivity contribution in [3.63, 3.8) is 0 Å². The molecule has 2 saturated heterocycles. The van der Waals surface area contributed by atoms with E-state index in [1.807, 2.05) is 39.8 Å². The summed E-state index contributed by atoms with van der Waals surface area (Å²) in [5.74, 6) is -7.26. The molecule has 1 aliphatic carbocycles. The van der Waals surface area contributed by atoms with Gasteiger partial charge in [0.05, 0.1) is 37.6 Å². The summed E-state index contributed by atoms with van der Waals surface area (Å²) in [6, 6.07) is 5.69. The molecule has 1 aromatic rings. The summed E-state index contributed by atoms with van der Waals surface area (Å²) >= 11 is 0. The molecular formula is C52H77NO14. The number of esters is 1. The lowest BCUT2D eigenvalue weighted by Gasteiger charge is -2.47. The van der Waals surface area contributed by atoms with Crippen LogP contribution in [0.25, 0.3) is 0 Å². The maximum atomic E-state index is 14.5. The Morgan fingerprint density at radius 1 is 0.881 bits per heavy atom. The molecule has 15 nitrogen and oxygen atoms in total. The minimum atomic E-state index is -2.53. The Hall–Kier alpha value is -3.83. The molecule has 1 saturated carbocycles. The van der Waals surface area contributed by atoms with E-state index in [2.05, 4.69) is 0 Å². The van der Waals surface area contributed by atoms with Crippen LogP contribution in [0.4, 0.5) is 0 Å². The molecule has 0 radical (unpaired) electrons. The van der Waals surface area contributed by atoms with Gasteiger partial charge in [0.15, 0.2) is 5.78 Å². The van der Waals surface area contributed by atoms with Gasteiger partial charge in [-0.15, -0.1) is 0 Å². The van der Waals surface area contributed by atoms with Crippen LogP contribution in [0.1, 0.15) is 123 Å². The zero-order chi connectivity index (χ0) is 49.2. The van der Waals surface area contributed by atoms with Gasteiger partial charge in [-0.25, -0.2) is 4.79 Å². The van der Waals surface area contributed by atoms with Gasteiger partial charge in [0.2, 0.25) is 5.79 Å². The molecular weight excluding hydrogens is 863 g/mol. The number of carbonyl (C=O) groups is 5. The van der Waals surface area contributed by atoms with Crippen LogP contribution >= 0.6 is 0 Å². The molecule has 67 heavy (non-hydrogen) atoms. The van der Waals surface area contributed by atoms with Crippen molar-refractivity contribution >= 4 is 29.2 Å². The first kappa shape index (κ1) is 54.1. The molecule has 1 aromatic carbocycles. The average molecular weight is 940 g/mol. The van der Waals surface area contributed by atoms with Crippen LogP contribution in [-0.2, 0) is 47.6 Å². The molecule has 5 rings (SSSR count). The lowest BCUT2D eigenvalue weighted by molar-refractivity contribution is -0.302. The van der Waals surface area contributed by atoms with Gasteiger partial charge in [-0.3, -0.25) is 19.2 Å². The molecule has 3 heterocycles. The van der Waals surface area contributed by atoms with E-state index in [9.17, 15) is 34.2 Å². The lowest BCUT2D eigenvalue weighted by atomic mass is 9.81. The van der Waals surface area contributed by atoms with Gasteiger partial charge in [-0.05, 0) is 120 Å². The molecule has 3 fully saturated rings. The Labute approximate surface area is 397 Å². The van der Waals surface area contributed by atoms with Crippen molar-refractivity contribution in [3.8, 4) is 5.75 Å². The van der Waals surface area contributed by atoms with Gasteiger partial charge in [0.25, 0.3) is 11.7 Å². The molecule has 374 valence electrons. The van der Waals surface area contributed by atoms with E-state index in [1.165, 1.54) is 19.1 Å². The number of aliphatic hydroxyl groups is 2. The summed E-state index contributed by atoms with van der Waals surface area (Å²) in [5.41, 5.74) is 2.14. The first-order valence-corrected chi connectivity index (χ1v) is 24.3. The van der Waals surface area contributed by atoms with Crippen LogP contribution in [0.2, 0.25) is 0 Å². The number of ether oxygens (including phenoxy) is 7. The number of rotatable bonds is 11. The van der Waals surface area contributed by atoms with Gasteiger partial charge >= 0.3 is 5.97 Å². The molecule has 3 aliphatic heterocycles. The quantitative estimate of drug-likeness (QED) is 0.107. The van der Waals surface area contributed by atoms with Gasteiger partial charge in [0, 0.05) is 57.6 Å². The highest BCUT2D eigenvalue weighted by molar-refractivity contribution is 6.39. The Balaban J connectivity index is 1.44. The monoisotopic (exact) mass is 940 g/mol. The number of cyclic esters (lactones) is 1. The predicted octanol–water partition coefficient (Wildman–Crippen LogP) is 6.39. The summed E-state index contributed by atoms with van der Waals surface area (Å²) < 4.78 is 41.6. The van der Waals surface area contributed by atoms with Gasteiger partial charge < -0.3 is 48.3 Å². The van der Waals surface area contributed by atoms with Crippen LogP contribution in [0.15, 0.2) is 47.6 Å². The summed E-state index contributed by atoms with van der Waals surface area (Å²) in [5, 5.41) is 24.0. The van der Waals surface area contributed by atoms with E-state index in [1.54, 1.807) is 52.3 Å². The third-order valence-electron chi connectivity index (χ3n) is 14.7. The average Bonchev–Trinajstić information content (AvgIpc) is 3.32. The molecule has 14 unspecified atom stereocenters. The largest absolute Gasteiger partial charge is 0.497 e. The molecule has 14 atom stereocenters. The Kier molecular flexibility index (Phi) is 19.9. The number of nitrogens with zero attached hydrogens (tertiary/aromatic N) is 1. The highest BCUT2D eigenvalue weighted by atomic mass is 16.7. The fourth-order valence-electron chi connectivity index (χ4n) is 10.6. The van der Waals surface area contributed by atoms with Gasteiger partial charge in [0.1, 0.15) is 36.4 Å². The lowest BCUT2D eigenvalue weighted by Crippen LogP contribution is -2.64. The molecule has 2 N–H and O–H groups in total. The number of aliphatic hydroxyl groups excluding tert-OH is 1. The molecule has 0 spiro atoms. The summed E-state index contributed by atoms with van der Waals surface area (Å²) in [6.07, 6.45) is 3.72. The van der Waals surface area contributed by atoms with Crippen molar-refractivity contribution in [2.75, 3.05) is 41.6 Å². The van der Waals surface area contributed by atoms with Crippen LogP contribution < -0.4 is 4.74 Å². The van der Waals surface area contributed by atoms with Crippen LogP contribution in [0, 0.1) is 29.6 Å². The number of amides is 1. The number of fused-ring (bicyclic) bond motifs is 3. The van der Waals surface area contributed by atoms with Crippen molar-refractivity contribution < 1.29 is 67.3 Å². The fraction of sp³-hybridized carbons (Fsp3) is 0.712.